The Morgan fingerprint density at radius 1 is 1.32 bits per heavy atom. The topological polar surface area (TPSA) is 51.2 Å². The Morgan fingerprint density at radius 2 is 2.11 bits per heavy atom. The summed E-state index contributed by atoms with van der Waals surface area (Å²) in [5, 5.41) is 15.5. The fourth-order valence-electron chi connectivity index (χ4n) is 2.04. The lowest BCUT2D eigenvalue weighted by Gasteiger charge is -2.08. The quantitative estimate of drug-likeness (QED) is 0.730. The molecule has 3 aromatic rings. The highest BCUT2D eigenvalue weighted by atomic mass is 79.9. The smallest absolute Gasteiger partial charge is 0.154 e. The van der Waals surface area contributed by atoms with Crippen LogP contribution in [0.5, 0.6) is 0 Å². The first-order valence-electron chi connectivity index (χ1n) is 5.61. The molecule has 0 amide bonds. The average Bonchev–Trinajstić information content (AvgIpc) is 2.94. The van der Waals surface area contributed by atoms with Gasteiger partial charge in [0.15, 0.2) is 6.10 Å². The first kappa shape index (κ1) is 12.9. The third-order valence-corrected chi connectivity index (χ3v) is 4.22. The lowest BCUT2D eigenvalue weighted by atomic mass is 10.2. The van der Waals surface area contributed by atoms with Gasteiger partial charge in [0, 0.05) is 12.4 Å². The zero-order valence-electron chi connectivity index (χ0n) is 9.97. The molecule has 0 saturated heterocycles. The number of aromatic nitrogens is 2. The van der Waals surface area contributed by atoms with Gasteiger partial charge >= 0.3 is 0 Å². The second-order valence-corrected chi connectivity index (χ2v) is 5.92. The highest BCUT2D eigenvalue weighted by Crippen LogP contribution is 2.34. The van der Waals surface area contributed by atoms with E-state index >= 15 is 0 Å². The van der Waals surface area contributed by atoms with Crippen molar-refractivity contribution in [2.45, 2.75) is 6.10 Å². The van der Waals surface area contributed by atoms with Crippen LogP contribution < -0.4 is 0 Å². The number of aryl methyl sites for hydroxylation is 1. The molecule has 1 N–H and O–H groups in total. The van der Waals surface area contributed by atoms with Crippen molar-refractivity contribution >= 4 is 42.8 Å². The molecule has 0 bridgehead atoms. The van der Waals surface area contributed by atoms with Gasteiger partial charge in [-0.1, -0.05) is 12.1 Å². The number of halogens is 2. The van der Waals surface area contributed by atoms with Gasteiger partial charge in [-0.3, -0.25) is 4.68 Å². The number of furan rings is 1. The van der Waals surface area contributed by atoms with Gasteiger partial charge in [-0.2, -0.15) is 5.10 Å². The SMILES string of the molecule is Cn1ncc(Br)c1C(O)c1cc2cccc(Br)c2o1. The van der Waals surface area contributed by atoms with Crippen molar-refractivity contribution in [3.63, 3.8) is 0 Å². The van der Waals surface area contributed by atoms with Crippen LogP contribution in [0.2, 0.25) is 0 Å². The predicted molar refractivity (Wildman–Crippen MR) is 78.9 cm³/mol. The largest absolute Gasteiger partial charge is 0.457 e. The number of rotatable bonds is 2. The number of para-hydroxylation sites is 1. The van der Waals surface area contributed by atoms with Gasteiger partial charge in [0.05, 0.1) is 20.8 Å². The van der Waals surface area contributed by atoms with E-state index in [0.29, 0.717) is 11.5 Å². The molecule has 6 heteroatoms. The second kappa shape index (κ2) is 4.77. The van der Waals surface area contributed by atoms with Crippen LogP contribution in [0.25, 0.3) is 11.0 Å². The highest BCUT2D eigenvalue weighted by Gasteiger charge is 2.22. The Kier molecular flexibility index (Phi) is 3.24. The minimum absolute atomic E-state index is 0.492. The van der Waals surface area contributed by atoms with Crippen LogP contribution in [-0.4, -0.2) is 14.9 Å². The minimum Gasteiger partial charge on any atom is -0.457 e. The summed E-state index contributed by atoms with van der Waals surface area (Å²) in [5.41, 5.74) is 1.39. The summed E-state index contributed by atoms with van der Waals surface area (Å²) >= 11 is 6.81. The Morgan fingerprint density at radius 3 is 2.74 bits per heavy atom. The van der Waals surface area contributed by atoms with Crippen molar-refractivity contribution < 1.29 is 9.52 Å². The molecule has 1 atom stereocenters. The molecule has 2 heterocycles. The molecule has 2 aromatic heterocycles. The van der Waals surface area contributed by atoms with Crippen molar-refractivity contribution in [1.82, 2.24) is 9.78 Å². The molecule has 0 spiro atoms. The Balaban J connectivity index is 2.12. The summed E-state index contributed by atoms with van der Waals surface area (Å²) < 4.78 is 8.98. The molecule has 0 aliphatic rings. The number of hydrogen-bond acceptors (Lipinski definition) is 3. The van der Waals surface area contributed by atoms with Gasteiger partial charge in [-0.15, -0.1) is 0 Å². The lowest BCUT2D eigenvalue weighted by Crippen LogP contribution is -2.06. The summed E-state index contributed by atoms with van der Waals surface area (Å²) in [7, 11) is 1.78. The van der Waals surface area contributed by atoms with E-state index in [1.54, 1.807) is 17.9 Å². The molecule has 1 unspecified atom stereocenters. The van der Waals surface area contributed by atoms with E-state index in [1.807, 2.05) is 24.3 Å². The van der Waals surface area contributed by atoms with Gasteiger partial charge in [0.25, 0.3) is 0 Å². The van der Waals surface area contributed by atoms with E-state index in [1.165, 1.54) is 0 Å². The zero-order chi connectivity index (χ0) is 13.6. The van der Waals surface area contributed by atoms with Crippen LogP contribution in [-0.2, 0) is 7.05 Å². The number of benzene rings is 1. The fourth-order valence-corrected chi connectivity index (χ4v) is 3.07. The third-order valence-electron chi connectivity index (χ3n) is 2.98. The monoisotopic (exact) mass is 384 g/mol. The number of aliphatic hydroxyl groups is 1. The van der Waals surface area contributed by atoms with E-state index < -0.39 is 6.10 Å². The molecule has 3 rings (SSSR count). The molecule has 0 aliphatic carbocycles. The molecule has 4 nitrogen and oxygen atoms in total. The summed E-state index contributed by atoms with van der Waals surface area (Å²) in [4.78, 5) is 0. The van der Waals surface area contributed by atoms with Gasteiger partial charge in [-0.05, 0) is 44.0 Å². The van der Waals surface area contributed by atoms with Gasteiger partial charge in [0.2, 0.25) is 0 Å². The Bertz CT molecular complexity index is 729. The van der Waals surface area contributed by atoms with Crippen LogP contribution in [0.1, 0.15) is 17.6 Å². The molecule has 0 fully saturated rings. The van der Waals surface area contributed by atoms with E-state index in [9.17, 15) is 5.11 Å². The summed E-state index contributed by atoms with van der Waals surface area (Å²) in [6.45, 7) is 0. The van der Waals surface area contributed by atoms with E-state index in [4.69, 9.17) is 4.42 Å². The van der Waals surface area contributed by atoms with Gasteiger partial charge < -0.3 is 9.52 Å². The summed E-state index contributed by atoms with van der Waals surface area (Å²) in [6, 6.07) is 7.61. The van der Waals surface area contributed by atoms with Crippen molar-refractivity contribution in [3.05, 3.63) is 50.9 Å². The Labute approximate surface area is 126 Å². The van der Waals surface area contributed by atoms with Crippen molar-refractivity contribution in [2.75, 3.05) is 0 Å². The second-order valence-electron chi connectivity index (χ2n) is 4.21. The van der Waals surface area contributed by atoms with E-state index in [0.717, 1.165) is 19.9 Å². The number of fused-ring (bicyclic) bond motifs is 1. The van der Waals surface area contributed by atoms with Gasteiger partial charge in [0.1, 0.15) is 11.3 Å². The minimum atomic E-state index is -0.860. The van der Waals surface area contributed by atoms with Crippen LogP contribution in [0, 0.1) is 0 Å². The molecule has 19 heavy (non-hydrogen) atoms. The molecule has 98 valence electrons. The predicted octanol–water partition coefficient (Wildman–Crippen LogP) is 3.77. The van der Waals surface area contributed by atoms with E-state index in [2.05, 4.69) is 37.0 Å². The van der Waals surface area contributed by atoms with E-state index in [-0.39, 0.29) is 0 Å². The summed E-state index contributed by atoms with van der Waals surface area (Å²) in [6.07, 6.45) is 0.790. The lowest BCUT2D eigenvalue weighted by molar-refractivity contribution is 0.182. The Hall–Kier alpha value is -1.11. The van der Waals surface area contributed by atoms with Crippen LogP contribution in [0.4, 0.5) is 0 Å². The standard InChI is InChI=1S/C13H10Br2N2O2/c1-17-11(9(15)6-16-17)12(18)10-5-7-3-2-4-8(14)13(7)19-10/h2-6,12,18H,1H3. The van der Waals surface area contributed by atoms with Crippen LogP contribution in [0.15, 0.2) is 43.8 Å². The zero-order valence-corrected chi connectivity index (χ0v) is 13.1. The molecular formula is C13H10Br2N2O2. The fraction of sp³-hybridized carbons (Fsp3) is 0.154. The molecule has 1 aromatic carbocycles. The number of aliphatic hydroxyl groups excluding tert-OH is 1. The number of nitrogens with zero attached hydrogens (tertiary/aromatic N) is 2. The van der Waals surface area contributed by atoms with Crippen LogP contribution in [0.3, 0.4) is 0 Å². The molecule has 0 aliphatic heterocycles. The van der Waals surface area contributed by atoms with Gasteiger partial charge in [-0.25, -0.2) is 0 Å². The average molecular weight is 386 g/mol. The molecule has 0 saturated carbocycles. The molecule has 0 radical (unpaired) electrons. The first-order chi connectivity index (χ1) is 9.08. The van der Waals surface area contributed by atoms with Crippen molar-refractivity contribution in [1.29, 1.82) is 0 Å². The highest BCUT2D eigenvalue weighted by molar-refractivity contribution is 9.11. The maximum atomic E-state index is 10.4. The first-order valence-corrected chi connectivity index (χ1v) is 7.20. The third kappa shape index (κ3) is 2.13. The van der Waals surface area contributed by atoms with Crippen molar-refractivity contribution in [3.8, 4) is 0 Å². The maximum Gasteiger partial charge on any atom is 0.154 e. The molecular weight excluding hydrogens is 376 g/mol. The van der Waals surface area contributed by atoms with Crippen molar-refractivity contribution in [2.24, 2.45) is 7.05 Å². The number of hydrogen-bond donors (Lipinski definition) is 1. The van der Waals surface area contributed by atoms with Crippen LogP contribution >= 0.6 is 31.9 Å². The normalized spacial score (nSPS) is 13.1. The summed E-state index contributed by atoms with van der Waals surface area (Å²) in [5.74, 6) is 0.492. The maximum absolute atomic E-state index is 10.4.